The van der Waals surface area contributed by atoms with Crippen molar-refractivity contribution < 1.29 is 9.90 Å². The van der Waals surface area contributed by atoms with E-state index < -0.39 is 5.91 Å². The number of rotatable bonds is 9. The van der Waals surface area contributed by atoms with Gasteiger partial charge in [-0.15, -0.1) is 0 Å². The maximum absolute atomic E-state index is 12.3. The molecule has 1 amide bonds. The summed E-state index contributed by atoms with van der Waals surface area (Å²) in [7, 11) is 0. The molecular formula is C26H37Cl2N9O2. The highest BCUT2D eigenvalue weighted by molar-refractivity contribution is 6.32. The molecule has 1 atom stereocenters. The summed E-state index contributed by atoms with van der Waals surface area (Å²) in [5.74, 6) is 0.0298. The maximum atomic E-state index is 12.3. The molecule has 0 bridgehead atoms. The van der Waals surface area contributed by atoms with Crippen molar-refractivity contribution in [2.45, 2.75) is 44.8 Å². The van der Waals surface area contributed by atoms with E-state index >= 15 is 0 Å². The van der Waals surface area contributed by atoms with Crippen molar-refractivity contribution in [2.75, 3.05) is 56.5 Å². The molecule has 13 heteroatoms. The number of piperazine rings is 1. The number of nitrogens with two attached hydrogens (primary N) is 2. The number of carbonyl (C=O) groups is 1. The monoisotopic (exact) mass is 577 g/mol. The molecule has 212 valence electrons. The molecule has 2 saturated heterocycles. The Kier molecular flexibility index (Phi) is 9.84. The van der Waals surface area contributed by atoms with Crippen LogP contribution >= 0.6 is 23.2 Å². The van der Waals surface area contributed by atoms with E-state index in [0.717, 1.165) is 64.1 Å². The topological polar surface area (TPSA) is 161 Å². The van der Waals surface area contributed by atoms with Crippen LogP contribution in [0.2, 0.25) is 10.2 Å². The molecule has 0 spiro atoms. The molecule has 1 aromatic heterocycles. The largest absolute Gasteiger partial charge is 0.395 e. The van der Waals surface area contributed by atoms with Gasteiger partial charge in [-0.05, 0) is 50.0 Å². The van der Waals surface area contributed by atoms with Crippen LogP contribution in [0.4, 0.5) is 11.6 Å². The predicted octanol–water partition coefficient (Wildman–Crippen LogP) is 1.94. The molecule has 7 N–H and O–H groups in total. The highest BCUT2D eigenvalue weighted by Gasteiger charge is 2.34. The van der Waals surface area contributed by atoms with E-state index in [2.05, 4.69) is 36.9 Å². The zero-order valence-corrected chi connectivity index (χ0v) is 23.7. The van der Waals surface area contributed by atoms with Crippen molar-refractivity contribution in [3.63, 3.8) is 0 Å². The predicted molar refractivity (Wildman–Crippen MR) is 155 cm³/mol. The molecule has 2 aliphatic rings. The number of aliphatic hydroxyl groups excluding tert-OH is 1. The van der Waals surface area contributed by atoms with Crippen molar-refractivity contribution in [1.29, 1.82) is 5.41 Å². The summed E-state index contributed by atoms with van der Waals surface area (Å²) >= 11 is 12.6. The number of amides is 1. The number of benzene rings is 1. The summed E-state index contributed by atoms with van der Waals surface area (Å²) in [6.45, 7) is 7.12. The SMILES string of the molecule is CC[C@H]1CN(c2nc(N)c(C(=O)NCCO)nc2Cl)CCN1C1CCN(Cc2ccc(Cl)cc2C(=N)N)CC1. The Hall–Kier alpha value is -2.70. The lowest BCUT2D eigenvalue weighted by atomic mass is 9.97. The molecule has 4 rings (SSSR count). The number of anilines is 2. The van der Waals surface area contributed by atoms with Gasteiger partial charge in [0, 0.05) is 55.4 Å². The summed E-state index contributed by atoms with van der Waals surface area (Å²) in [6.07, 6.45) is 3.10. The van der Waals surface area contributed by atoms with Crippen LogP contribution < -0.4 is 21.7 Å². The molecule has 2 aromatic rings. The zero-order valence-electron chi connectivity index (χ0n) is 22.2. The van der Waals surface area contributed by atoms with Gasteiger partial charge in [0.25, 0.3) is 5.91 Å². The number of halogens is 2. The van der Waals surface area contributed by atoms with Crippen LogP contribution in [0, 0.1) is 5.41 Å². The summed E-state index contributed by atoms with van der Waals surface area (Å²) in [6, 6.07) is 6.39. The number of aliphatic hydroxyl groups is 1. The highest BCUT2D eigenvalue weighted by Crippen LogP contribution is 2.30. The molecule has 2 aliphatic heterocycles. The Morgan fingerprint density at radius 2 is 1.95 bits per heavy atom. The van der Waals surface area contributed by atoms with Gasteiger partial charge in [0.15, 0.2) is 22.5 Å². The Balaban J connectivity index is 1.37. The lowest BCUT2D eigenvalue weighted by molar-refractivity contribution is 0.0610. The van der Waals surface area contributed by atoms with Gasteiger partial charge in [0.2, 0.25) is 0 Å². The normalized spacial score (nSPS) is 19.3. The minimum atomic E-state index is -0.515. The van der Waals surface area contributed by atoms with Gasteiger partial charge in [-0.3, -0.25) is 20.0 Å². The average molecular weight is 579 g/mol. The molecule has 0 unspecified atom stereocenters. The number of hydrogen-bond donors (Lipinski definition) is 5. The van der Waals surface area contributed by atoms with Crippen molar-refractivity contribution in [3.8, 4) is 0 Å². The Bertz CT molecular complexity index is 1190. The van der Waals surface area contributed by atoms with E-state index in [4.69, 9.17) is 45.2 Å². The third-order valence-electron chi connectivity index (χ3n) is 7.56. The molecule has 1 aromatic carbocycles. The molecule has 0 radical (unpaired) electrons. The van der Waals surface area contributed by atoms with E-state index in [1.807, 2.05) is 12.1 Å². The smallest absolute Gasteiger partial charge is 0.273 e. The summed E-state index contributed by atoms with van der Waals surface area (Å²) in [4.78, 5) is 28.0. The van der Waals surface area contributed by atoms with E-state index in [9.17, 15) is 4.79 Å². The third kappa shape index (κ3) is 6.90. The Morgan fingerprint density at radius 1 is 1.21 bits per heavy atom. The summed E-state index contributed by atoms with van der Waals surface area (Å²) < 4.78 is 0. The Labute approximate surface area is 239 Å². The number of aromatic nitrogens is 2. The molecule has 39 heavy (non-hydrogen) atoms. The number of carbonyl (C=O) groups excluding carboxylic acids is 1. The number of nitrogens with zero attached hydrogens (tertiary/aromatic N) is 5. The number of piperidine rings is 1. The van der Waals surface area contributed by atoms with Crippen LogP contribution in [-0.4, -0.2) is 94.6 Å². The fraction of sp³-hybridized carbons (Fsp3) is 0.538. The van der Waals surface area contributed by atoms with Crippen LogP contribution in [0.5, 0.6) is 0 Å². The van der Waals surface area contributed by atoms with Crippen LogP contribution in [0.25, 0.3) is 0 Å². The van der Waals surface area contributed by atoms with Gasteiger partial charge in [0.05, 0.1) is 6.61 Å². The first-order chi connectivity index (χ1) is 18.7. The van der Waals surface area contributed by atoms with Crippen LogP contribution in [0.1, 0.15) is 47.8 Å². The number of likely N-dealkylation sites (tertiary alicyclic amines) is 1. The number of nitrogen functional groups attached to an aromatic ring is 2. The molecule has 0 saturated carbocycles. The third-order valence-corrected chi connectivity index (χ3v) is 8.05. The van der Waals surface area contributed by atoms with Crippen LogP contribution in [0.15, 0.2) is 18.2 Å². The maximum Gasteiger partial charge on any atom is 0.273 e. The zero-order chi connectivity index (χ0) is 28.1. The lowest BCUT2D eigenvalue weighted by Gasteiger charge is -2.47. The number of hydrogen-bond acceptors (Lipinski definition) is 9. The molecular weight excluding hydrogens is 541 g/mol. The van der Waals surface area contributed by atoms with E-state index in [0.29, 0.717) is 28.5 Å². The minimum Gasteiger partial charge on any atom is -0.395 e. The van der Waals surface area contributed by atoms with E-state index in [1.165, 1.54) is 0 Å². The van der Waals surface area contributed by atoms with E-state index in [-0.39, 0.29) is 35.7 Å². The molecule has 2 fully saturated rings. The fourth-order valence-electron chi connectivity index (χ4n) is 5.53. The molecule has 0 aliphatic carbocycles. The second-order valence-electron chi connectivity index (χ2n) is 10.0. The average Bonchev–Trinajstić information content (AvgIpc) is 2.93. The first-order valence-corrected chi connectivity index (χ1v) is 14.0. The number of nitrogens with one attached hydrogen (secondary N) is 2. The second kappa shape index (κ2) is 13.1. The Morgan fingerprint density at radius 3 is 2.62 bits per heavy atom. The van der Waals surface area contributed by atoms with E-state index in [1.54, 1.807) is 6.07 Å². The number of amidine groups is 1. The van der Waals surface area contributed by atoms with Gasteiger partial charge in [-0.2, -0.15) is 0 Å². The van der Waals surface area contributed by atoms with Crippen molar-refractivity contribution in [3.05, 3.63) is 45.2 Å². The first kappa shape index (κ1) is 29.3. The molecule has 11 nitrogen and oxygen atoms in total. The van der Waals surface area contributed by atoms with Crippen LogP contribution in [-0.2, 0) is 6.54 Å². The minimum absolute atomic E-state index is 0.0151. The quantitative estimate of drug-likeness (QED) is 0.221. The summed E-state index contributed by atoms with van der Waals surface area (Å²) in [5, 5.41) is 20.1. The van der Waals surface area contributed by atoms with Crippen molar-refractivity contribution in [1.82, 2.24) is 25.1 Å². The molecule has 3 heterocycles. The lowest BCUT2D eigenvalue weighted by Crippen LogP contribution is -2.58. The van der Waals surface area contributed by atoms with Crippen molar-refractivity contribution in [2.24, 2.45) is 5.73 Å². The standard InChI is InChI=1S/C26H37Cl2N9O2/c1-2-18-15-36(25-22(28)33-21(24(31)34-25)26(39)32-7-12-38)10-11-37(18)19-5-8-35(9-6-19)14-16-3-4-17(27)13-20(16)23(29)30/h3-4,13,18-19,38H,2,5-12,14-15H2,1H3,(H3,29,30)(H2,31,34)(H,32,39)/t18-/m0/s1. The van der Waals surface area contributed by atoms with Crippen LogP contribution in [0.3, 0.4) is 0 Å². The van der Waals surface area contributed by atoms with Gasteiger partial charge in [0.1, 0.15) is 5.84 Å². The van der Waals surface area contributed by atoms with Gasteiger partial charge in [-0.1, -0.05) is 36.2 Å². The van der Waals surface area contributed by atoms with Gasteiger partial charge < -0.3 is 26.8 Å². The second-order valence-corrected chi connectivity index (χ2v) is 10.8. The highest BCUT2D eigenvalue weighted by atomic mass is 35.5. The van der Waals surface area contributed by atoms with Crippen molar-refractivity contribution >= 4 is 46.6 Å². The fourth-order valence-corrected chi connectivity index (χ4v) is 5.95. The summed E-state index contributed by atoms with van der Waals surface area (Å²) in [5.41, 5.74) is 13.5. The van der Waals surface area contributed by atoms with Gasteiger partial charge >= 0.3 is 0 Å². The first-order valence-electron chi connectivity index (χ1n) is 13.3. The van der Waals surface area contributed by atoms with Gasteiger partial charge in [-0.25, -0.2) is 9.97 Å².